The number of aliphatic carboxylic acids is 2. The summed E-state index contributed by atoms with van der Waals surface area (Å²) in [7, 11) is 0. The van der Waals surface area contributed by atoms with Gasteiger partial charge in [0.2, 0.25) is 100 Å². The fraction of sp³-hybridized carbons (Fsp3) is 0.494. The number of aromatic amines is 2. The Labute approximate surface area is 758 Å². The van der Waals surface area contributed by atoms with Crippen LogP contribution < -0.4 is 86.3 Å². The Morgan fingerprint density at radius 1 is 0.500 bits per heavy atom. The zero-order valence-corrected chi connectivity index (χ0v) is 74.4. The number of carboxylic acids is 2. The second-order valence-corrected chi connectivity index (χ2v) is 35.9. The first-order valence-corrected chi connectivity index (χ1v) is 45.2. The third-order valence-corrected chi connectivity index (χ3v) is 24.1. The lowest BCUT2D eigenvalue weighted by Gasteiger charge is -2.42. The molecule has 11 atom stereocenters. The molecule has 3 fully saturated rings. The lowest BCUT2D eigenvalue weighted by Crippen LogP contribution is -2.61. The number of aromatic nitrogens is 2. The highest BCUT2D eigenvalue weighted by Crippen LogP contribution is 2.26. The van der Waals surface area contributed by atoms with Crippen molar-refractivity contribution in [3.8, 4) is 0 Å². The SMILES string of the molecule is CC(=O)N[C@H]1CSCCC(=O)N2CN3CN(C2)C(=O)CCSC[C@H](NC(=O)[C@H](CC(=O)O)NC(=O)[C@H](CCC(=O)O)NC(=O)[C@H](CC(C)(C)C)NC(=O)C(Cc2c[nH]c4ccccc24)NC(=O)[C@H](CCC(N)=O)NC1=O)C(=O)N[C@@H](Cc1c[nH]c2ccccc12)C(=O)N[C@@H](CCCNC(=N)N)C(=O)NCC(=O)N[C@@H](Cc1ccc(F)cc1)C(=O)N[C@H](C(N)=O)CSCCC3=O. The Morgan fingerprint density at radius 2 is 0.946 bits per heavy atom. The summed E-state index contributed by atoms with van der Waals surface area (Å²) in [4.78, 5) is 281. The predicted molar refractivity (Wildman–Crippen MR) is 475 cm³/mol. The van der Waals surface area contributed by atoms with Gasteiger partial charge in [-0.3, -0.25) is 96.5 Å². The van der Waals surface area contributed by atoms with Crippen LogP contribution in [0.4, 0.5) is 4.39 Å². The molecule has 704 valence electrons. The summed E-state index contributed by atoms with van der Waals surface area (Å²) >= 11 is 2.79. The van der Waals surface area contributed by atoms with Crippen LogP contribution in [0.3, 0.4) is 0 Å². The molecule has 0 aliphatic carbocycles. The van der Waals surface area contributed by atoms with Crippen molar-refractivity contribution in [1.29, 1.82) is 5.41 Å². The van der Waals surface area contributed by atoms with E-state index in [1.54, 1.807) is 75.5 Å². The highest BCUT2D eigenvalue weighted by atomic mass is 32.2. The minimum absolute atomic E-state index is 0.0123. The van der Waals surface area contributed by atoms with Crippen LogP contribution in [0, 0.1) is 16.6 Å². The molecule has 5 aromatic rings. The van der Waals surface area contributed by atoms with Crippen molar-refractivity contribution < 1.29 is 106 Å². The van der Waals surface area contributed by atoms with Crippen molar-refractivity contribution in [3.63, 3.8) is 0 Å². The van der Waals surface area contributed by atoms with Gasteiger partial charge >= 0.3 is 11.9 Å². The van der Waals surface area contributed by atoms with Crippen LogP contribution in [0.15, 0.2) is 85.2 Å². The monoisotopic (exact) mass is 1870 g/mol. The third kappa shape index (κ3) is 32.9. The molecule has 5 heterocycles. The van der Waals surface area contributed by atoms with Crippen molar-refractivity contribution in [2.24, 2.45) is 22.6 Å². The molecule has 3 aliphatic rings. The van der Waals surface area contributed by atoms with E-state index in [2.05, 4.69) is 79.1 Å². The number of rotatable bonds is 21. The molecule has 8 rings (SSSR count). The number of nitrogens with zero attached hydrogens (tertiary/aromatic N) is 3. The van der Waals surface area contributed by atoms with Gasteiger partial charge in [-0.15, -0.1) is 0 Å². The van der Waals surface area contributed by atoms with E-state index < -0.39 is 273 Å². The summed E-state index contributed by atoms with van der Waals surface area (Å²) in [6.45, 7) is 3.87. The molecule has 3 saturated heterocycles. The number of primary amides is 2. The Hall–Kier alpha value is -13.1. The topological polar surface area (TPSA) is 664 Å². The maximum Gasteiger partial charge on any atom is 0.305 e. The number of carbonyl (C=O) groups excluding carboxylic acids is 17. The van der Waals surface area contributed by atoms with Crippen LogP contribution in [0.1, 0.15) is 115 Å². The molecule has 3 aromatic carbocycles. The summed E-state index contributed by atoms with van der Waals surface area (Å²) in [5.74, 6) is -23.0. The number of carboxylic acid groups (broad SMARTS) is 2. The fourth-order valence-corrected chi connectivity index (χ4v) is 17.1. The highest BCUT2D eigenvalue weighted by Gasteiger charge is 2.40. The summed E-state index contributed by atoms with van der Waals surface area (Å²) in [6, 6.07) is -0.662. The zero-order valence-electron chi connectivity index (χ0n) is 71.9. The Bertz CT molecular complexity index is 4990. The van der Waals surface area contributed by atoms with Crippen molar-refractivity contribution in [2.75, 3.05) is 67.6 Å². The molecule has 4 bridgehead atoms. The first kappa shape index (κ1) is 102. The van der Waals surface area contributed by atoms with Crippen molar-refractivity contribution >= 4 is 175 Å². The smallest absolute Gasteiger partial charge is 0.305 e. The van der Waals surface area contributed by atoms with E-state index in [4.69, 9.17) is 22.6 Å². The van der Waals surface area contributed by atoms with Crippen molar-refractivity contribution in [3.05, 3.63) is 108 Å². The minimum atomic E-state index is -2.23. The lowest BCUT2D eigenvalue weighted by atomic mass is 9.87. The molecule has 2 aromatic heterocycles. The molecule has 24 N–H and O–H groups in total. The summed E-state index contributed by atoms with van der Waals surface area (Å²) in [5.41, 5.74) is 18.4. The molecule has 43 nitrogen and oxygen atoms in total. The second kappa shape index (κ2) is 49.5. The number of hydrogen-bond donors (Lipinski definition) is 21. The van der Waals surface area contributed by atoms with E-state index >= 15 is 24.0 Å². The quantitative estimate of drug-likeness (QED) is 0.0196. The molecule has 0 radical (unpaired) electrons. The van der Waals surface area contributed by atoms with Gasteiger partial charge in [-0.2, -0.15) is 35.3 Å². The van der Waals surface area contributed by atoms with Crippen LogP contribution in [0.2, 0.25) is 0 Å². The van der Waals surface area contributed by atoms with Crippen LogP contribution in [0.25, 0.3) is 21.8 Å². The number of para-hydroxylation sites is 2. The molecule has 0 saturated carbocycles. The largest absolute Gasteiger partial charge is 0.481 e. The van der Waals surface area contributed by atoms with Crippen LogP contribution in [-0.4, -0.2) is 287 Å². The van der Waals surface area contributed by atoms with Gasteiger partial charge in [0.1, 0.15) is 72.3 Å². The number of carbonyl (C=O) groups is 19. The molecule has 130 heavy (non-hydrogen) atoms. The van der Waals surface area contributed by atoms with Crippen molar-refractivity contribution in [1.82, 2.24) is 93.8 Å². The van der Waals surface area contributed by atoms with E-state index in [9.17, 15) is 81.7 Å². The van der Waals surface area contributed by atoms with E-state index in [0.29, 0.717) is 38.5 Å². The molecular weight excluding hydrogens is 1760 g/mol. The van der Waals surface area contributed by atoms with Gasteiger partial charge in [0.15, 0.2) is 5.96 Å². The molecule has 3 aliphatic heterocycles. The summed E-state index contributed by atoms with van der Waals surface area (Å²) < 4.78 is 14.3. The van der Waals surface area contributed by atoms with Crippen LogP contribution >= 0.6 is 35.3 Å². The number of halogens is 1. The Kier molecular flexibility index (Phi) is 38.9. The number of H-pyrrole nitrogens is 2. The van der Waals surface area contributed by atoms with Gasteiger partial charge < -0.3 is 121 Å². The van der Waals surface area contributed by atoms with Gasteiger partial charge in [0.25, 0.3) is 0 Å². The average Bonchev–Trinajstić information content (AvgIpc) is 1.45. The van der Waals surface area contributed by atoms with E-state index in [-0.39, 0.29) is 80.3 Å². The lowest BCUT2D eigenvalue weighted by molar-refractivity contribution is -0.158. The second-order valence-electron chi connectivity index (χ2n) is 32.5. The van der Waals surface area contributed by atoms with Gasteiger partial charge in [-0.05, 0) is 78.5 Å². The number of nitrogens with one attached hydrogen (secondary N) is 16. The molecule has 0 spiro atoms. The van der Waals surface area contributed by atoms with Gasteiger partial charge in [0, 0.05) is 134 Å². The van der Waals surface area contributed by atoms with E-state index in [1.165, 1.54) is 28.1 Å². The molecule has 17 amide bonds. The number of thioether (sulfide) groups is 3. The number of guanidine groups is 1. The maximum absolute atomic E-state index is 15.5. The standard InChI is InChI=1S/C83H111FN22O21S3/c1-44(107)93-62-39-129-28-24-67(111)105-41-104-42-106(43-105)68(112)25-29-130-40-63(103-78(124)59(33-70(115)116)100-74(120)55(20-22-69(113)114)96-79(125)60(34-83(2,3)4)101-77(123)58(32-47-36-91-52-13-8-6-11-50(47)52)98-73(119)54(97-80(62)126)19-21-64(85)108)81(127)99-57(31-46-35-90-51-12-7-5-10-49(46)51)76(122)95-53(14-9-26-89-82(87)88)72(118)92-37-65(109)94-56(30-45-15-17-48(84)18-16-45)75(121)102-61(71(86)117)38-128-27-23-66(104)110/h5-8,10-13,15-18,35-36,53-63,90-91H,9,14,19-34,37-43H2,1-4H3,(H2,85,108)(H2,86,117)(H,92,118)(H,93,107)(H,94,109)(H,95,122)(H,96,125)(H,97,126)(H,98,119)(H,99,127)(H,100,120)(H,101,123)(H,102,121)(H,103,124)(H,113,114)(H,115,116)(H4,87,88,89)/t53-,54-,55-,56-,57-,58?,59-,60-,61-,62-,63-/m0/s1. The van der Waals surface area contributed by atoms with Crippen LogP contribution in [-0.2, 0) is 110 Å². The Morgan fingerprint density at radius 3 is 1.45 bits per heavy atom. The number of amides is 17. The molecular formula is C83H111FN22O21S3. The first-order valence-electron chi connectivity index (χ1n) is 41.7. The van der Waals surface area contributed by atoms with Gasteiger partial charge in [-0.25, -0.2) is 4.39 Å². The number of fused-ring (bicyclic) bond motifs is 9. The van der Waals surface area contributed by atoms with Gasteiger partial charge in [0.05, 0.1) is 33.0 Å². The summed E-state index contributed by atoms with van der Waals surface area (Å²) in [6.07, 6.45) is -3.62. The normalized spacial score (nSPS) is 23.2. The number of nitrogens with two attached hydrogens (primary N) is 3. The fourth-order valence-electron chi connectivity index (χ4n) is 14.2. The average molecular weight is 1870 g/mol. The number of benzene rings is 3. The first-order chi connectivity index (χ1) is 61.7. The Balaban J connectivity index is 1.23. The third-order valence-electron chi connectivity index (χ3n) is 20.9. The van der Waals surface area contributed by atoms with Gasteiger partial charge in [-0.1, -0.05) is 69.3 Å². The van der Waals surface area contributed by atoms with E-state index in [0.717, 1.165) is 59.2 Å². The number of hydrogen-bond acceptors (Lipinski definition) is 23. The van der Waals surface area contributed by atoms with Crippen molar-refractivity contribution in [2.45, 2.75) is 184 Å². The molecule has 47 heteroatoms. The predicted octanol–water partition coefficient (Wildman–Crippen LogP) is -3.16. The highest BCUT2D eigenvalue weighted by molar-refractivity contribution is 7.99. The van der Waals surface area contributed by atoms with Crippen LogP contribution in [0.5, 0.6) is 0 Å². The minimum Gasteiger partial charge on any atom is -0.481 e. The maximum atomic E-state index is 15.5. The molecule has 1 unspecified atom stereocenters. The van der Waals surface area contributed by atoms with E-state index in [1.807, 2.05) is 0 Å². The summed E-state index contributed by atoms with van der Waals surface area (Å²) in [5, 5.41) is 62.3. The zero-order chi connectivity index (χ0) is 95.1.